The standard InChI is InChI=1S/C26H22N2O4/c1-31-22-11-12-23-24(19-5-3-2-4-6-19)14-26(30)28(25(23)13-22)16-20(29)17-32-21-9-7-18(15-27)8-10-21/h2-14,20,29H,16-17H2,1H3. The summed E-state index contributed by atoms with van der Waals surface area (Å²) in [6.07, 6.45) is -0.916. The number of methoxy groups -OCH3 is 1. The molecule has 0 saturated heterocycles. The average Bonchev–Trinajstić information content (AvgIpc) is 2.84. The smallest absolute Gasteiger partial charge is 0.251 e. The summed E-state index contributed by atoms with van der Waals surface area (Å²) in [7, 11) is 1.57. The summed E-state index contributed by atoms with van der Waals surface area (Å²) in [6.45, 7) is 0.0675. The molecule has 1 aromatic heterocycles. The van der Waals surface area contributed by atoms with Gasteiger partial charge in [0.2, 0.25) is 0 Å². The molecule has 0 aliphatic carbocycles. The van der Waals surface area contributed by atoms with Gasteiger partial charge in [0.1, 0.15) is 24.2 Å². The zero-order valence-electron chi connectivity index (χ0n) is 17.6. The van der Waals surface area contributed by atoms with E-state index in [1.54, 1.807) is 43.5 Å². The number of aromatic nitrogens is 1. The van der Waals surface area contributed by atoms with E-state index in [9.17, 15) is 9.90 Å². The summed E-state index contributed by atoms with van der Waals surface area (Å²) in [5.41, 5.74) is 2.75. The Hall–Kier alpha value is -4.08. The van der Waals surface area contributed by atoms with E-state index in [0.29, 0.717) is 22.6 Å². The second-order valence-corrected chi connectivity index (χ2v) is 7.36. The van der Waals surface area contributed by atoms with E-state index in [0.717, 1.165) is 16.5 Å². The first-order chi connectivity index (χ1) is 15.6. The quantitative estimate of drug-likeness (QED) is 0.483. The molecule has 4 aromatic rings. The van der Waals surface area contributed by atoms with Crippen molar-refractivity contribution < 1.29 is 14.6 Å². The van der Waals surface area contributed by atoms with E-state index in [1.165, 1.54) is 4.57 Å². The zero-order valence-corrected chi connectivity index (χ0v) is 17.6. The van der Waals surface area contributed by atoms with E-state index in [-0.39, 0.29) is 18.7 Å². The molecule has 6 nitrogen and oxygen atoms in total. The molecule has 1 N–H and O–H groups in total. The predicted octanol–water partition coefficient (Wildman–Crippen LogP) is 3.99. The number of benzene rings is 3. The van der Waals surface area contributed by atoms with Crippen molar-refractivity contribution in [1.82, 2.24) is 4.57 Å². The fourth-order valence-corrected chi connectivity index (χ4v) is 3.61. The maximum Gasteiger partial charge on any atom is 0.251 e. The fraction of sp³-hybridized carbons (Fsp3) is 0.154. The Morgan fingerprint density at radius 1 is 1.00 bits per heavy atom. The topological polar surface area (TPSA) is 84.5 Å². The monoisotopic (exact) mass is 426 g/mol. The van der Waals surface area contributed by atoms with E-state index in [4.69, 9.17) is 14.7 Å². The predicted molar refractivity (Wildman–Crippen MR) is 123 cm³/mol. The number of nitrogens with zero attached hydrogens (tertiary/aromatic N) is 2. The summed E-state index contributed by atoms with van der Waals surface area (Å²) < 4.78 is 12.5. The lowest BCUT2D eigenvalue weighted by molar-refractivity contribution is 0.0927. The van der Waals surface area contributed by atoms with Gasteiger partial charge in [-0.1, -0.05) is 30.3 Å². The van der Waals surface area contributed by atoms with Crippen LogP contribution >= 0.6 is 0 Å². The molecule has 3 aromatic carbocycles. The van der Waals surface area contributed by atoms with E-state index >= 15 is 0 Å². The number of hydrogen-bond acceptors (Lipinski definition) is 5. The number of nitriles is 1. The first kappa shape index (κ1) is 21.2. The van der Waals surface area contributed by atoms with Crippen molar-refractivity contribution in [3.63, 3.8) is 0 Å². The summed E-state index contributed by atoms with van der Waals surface area (Å²) in [5, 5.41) is 20.4. The second kappa shape index (κ2) is 9.38. The Kier molecular flexibility index (Phi) is 6.20. The number of hydrogen-bond donors (Lipinski definition) is 1. The molecule has 0 amide bonds. The molecule has 6 heteroatoms. The van der Waals surface area contributed by atoms with Gasteiger partial charge in [0.05, 0.1) is 30.8 Å². The van der Waals surface area contributed by atoms with Gasteiger partial charge in [-0.05, 0) is 47.5 Å². The Labute approximate surface area is 185 Å². The van der Waals surface area contributed by atoms with Crippen LogP contribution in [-0.2, 0) is 6.54 Å². The van der Waals surface area contributed by atoms with Crippen LogP contribution in [0.4, 0.5) is 0 Å². The van der Waals surface area contributed by atoms with E-state index < -0.39 is 6.10 Å². The largest absolute Gasteiger partial charge is 0.497 e. The molecule has 0 aliphatic heterocycles. The lowest BCUT2D eigenvalue weighted by Crippen LogP contribution is -2.30. The number of rotatable bonds is 7. The molecule has 0 radical (unpaired) electrons. The number of aliphatic hydroxyl groups excluding tert-OH is 1. The minimum absolute atomic E-state index is 0.00421. The van der Waals surface area contributed by atoms with Crippen molar-refractivity contribution in [1.29, 1.82) is 5.26 Å². The van der Waals surface area contributed by atoms with Gasteiger partial charge in [-0.2, -0.15) is 5.26 Å². The minimum Gasteiger partial charge on any atom is -0.497 e. The van der Waals surface area contributed by atoms with Crippen molar-refractivity contribution in [3.05, 3.63) is 94.8 Å². The lowest BCUT2D eigenvalue weighted by atomic mass is 10.0. The summed E-state index contributed by atoms with van der Waals surface area (Å²) >= 11 is 0. The highest BCUT2D eigenvalue weighted by molar-refractivity contribution is 5.95. The van der Waals surface area contributed by atoms with Gasteiger partial charge in [-0.3, -0.25) is 4.79 Å². The summed E-state index contributed by atoms with van der Waals surface area (Å²) in [4.78, 5) is 13.0. The first-order valence-electron chi connectivity index (χ1n) is 10.2. The third-order valence-corrected chi connectivity index (χ3v) is 5.22. The zero-order chi connectivity index (χ0) is 22.5. The summed E-state index contributed by atoms with van der Waals surface area (Å²) in [6, 6.07) is 25.6. The van der Waals surface area contributed by atoms with Gasteiger partial charge in [0.15, 0.2) is 0 Å². The maximum atomic E-state index is 13.0. The molecular weight excluding hydrogens is 404 g/mol. The van der Waals surface area contributed by atoms with Crippen LogP contribution in [0.15, 0.2) is 83.7 Å². The van der Waals surface area contributed by atoms with Gasteiger partial charge in [0, 0.05) is 17.5 Å². The SMILES string of the molecule is COc1ccc2c(-c3ccccc3)cc(=O)n(CC(O)COc3ccc(C#N)cc3)c2c1. The molecule has 1 unspecified atom stereocenters. The molecule has 0 saturated carbocycles. The third-order valence-electron chi connectivity index (χ3n) is 5.22. The van der Waals surface area contributed by atoms with Crippen LogP contribution in [0.2, 0.25) is 0 Å². The van der Waals surface area contributed by atoms with Crippen molar-refractivity contribution >= 4 is 10.9 Å². The molecule has 1 atom stereocenters. The average molecular weight is 426 g/mol. The Bertz CT molecular complexity index is 1320. The van der Waals surface area contributed by atoms with Gasteiger partial charge >= 0.3 is 0 Å². The van der Waals surface area contributed by atoms with Crippen LogP contribution in [-0.4, -0.2) is 29.5 Å². The van der Waals surface area contributed by atoms with Gasteiger partial charge in [0.25, 0.3) is 5.56 Å². The van der Waals surface area contributed by atoms with Crippen LogP contribution in [0.5, 0.6) is 11.5 Å². The minimum atomic E-state index is -0.916. The van der Waals surface area contributed by atoms with Crippen LogP contribution in [0, 0.1) is 11.3 Å². The van der Waals surface area contributed by atoms with Crippen LogP contribution < -0.4 is 15.0 Å². The highest BCUT2D eigenvalue weighted by Crippen LogP contribution is 2.29. The molecule has 1 heterocycles. The number of pyridine rings is 1. The molecule has 0 bridgehead atoms. The first-order valence-corrected chi connectivity index (χ1v) is 10.2. The Balaban J connectivity index is 1.65. The van der Waals surface area contributed by atoms with E-state index in [1.807, 2.05) is 48.5 Å². The Morgan fingerprint density at radius 2 is 1.72 bits per heavy atom. The highest BCUT2D eigenvalue weighted by atomic mass is 16.5. The second-order valence-electron chi connectivity index (χ2n) is 7.36. The molecule has 32 heavy (non-hydrogen) atoms. The molecule has 4 rings (SSSR count). The van der Waals surface area contributed by atoms with Gasteiger partial charge < -0.3 is 19.1 Å². The number of fused-ring (bicyclic) bond motifs is 1. The van der Waals surface area contributed by atoms with Crippen LogP contribution in [0.3, 0.4) is 0 Å². The van der Waals surface area contributed by atoms with Crippen LogP contribution in [0.25, 0.3) is 22.0 Å². The number of ether oxygens (including phenoxy) is 2. The maximum absolute atomic E-state index is 13.0. The van der Waals surface area contributed by atoms with Crippen molar-refractivity contribution in [2.24, 2.45) is 0 Å². The van der Waals surface area contributed by atoms with E-state index in [2.05, 4.69) is 0 Å². The molecule has 0 spiro atoms. The Morgan fingerprint density at radius 3 is 2.41 bits per heavy atom. The normalized spacial score (nSPS) is 11.7. The molecule has 160 valence electrons. The third kappa shape index (κ3) is 4.48. The van der Waals surface area contributed by atoms with Crippen molar-refractivity contribution in [2.45, 2.75) is 12.6 Å². The molecular formula is C26H22N2O4. The number of aliphatic hydroxyl groups is 1. The van der Waals surface area contributed by atoms with Crippen molar-refractivity contribution in [2.75, 3.05) is 13.7 Å². The van der Waals surface area contributed by atoms with Crippen LogP contribution in [0.1, 0.15) is 5.56 Å². The lowest BCUT2D eigenvalue weighted by Gasteiger charge is -2.18. The summed E-state index contributed by atoms with van der Waals surface area (Å²) in [5.74, 6) is 1.17. The fourth-order valence-electron chi connectivity index (χ4n) is 3.61. The molecule has 0 aliphatic rings. The van der Waals surface area contributed by atoms with Gasteiger partial charge in [-0.15, -0.1) is 0 Å². The van der Waals surface area contributed by atoms with Crippen molar-refractivity contribution in [3.8, 4) is 28.7 Å². The van der Waals surface area contributed by atoms with Gasteiger partial charge in [-0.25, -0.2) is 0 Å². The highest BCUT2D eigenvalue weighted by Gasteiger charge is 2.15. The molecule has 0 fully saturated rings.